The molecule has 2 N–H and O–H groups in total. The average molecular weight is 499 g/mol. The van der Waals surface area contributed by atoms with Crippen LogP contribution in [0.3, 0.4) is 0 Å². The second-order valence-electron chi connectivity index (χ2n) is 10.8. The van der Waals surface area contributed by atoms with E-state index in [-0.39, 0.29) is 24.1 Å². The molecule has 4 aromatic rings. The van der Waals surface area contributed by atoms with E-state index < -0.39 is 5.60 Å². The molecule has 0 spiro atoms. The zero-order valence-corrected chi connectivity index (χ0v) is 21.2. The van der Waals surface area contributed by atoms with Crippen LogP contribution >= 0.6 is 0 Å². The smallest absolute Gasteiger partial charge is 0.410 e. The molecule has 1 saturated carbocycles. The minimum Gasteiger partial charge on any atom is -0.457 e. The van der Waals surface area contributed by atoms with Crippen molar-refractivity contribution >= 4 is 22.9 Å². The van der Waals surface area contributed by atoms with E-state index in [0.717, 1.165) is 41.0 Å². The van der Waals surface area contributed by atoms with Gasteiger partial charge in [-0.15, -0.1) is 0 Å². The molecule has 1 saturated heterocycles. The molecule has 0 radical (unpaired) electrons. The zero-order valence-electron chi connectivity index (χ0n) is 21.2. The van der Waals surface area contributed by atoms with Gasteiger partial charge in [-0.1, -0.05) is 18.2 Å². The van der Waals surface area contributed by atoms with Gasteiger partial charge in [-0.3, -0.25) is 0 Å². The molecule has 1 unspecified atom stereocenters. The molecule has 1 aliphatic heterocycles. The lowest BCUT2D eigenvalue weighted by Crippen LogP contribution is -2.43. The van der Waals surface area contributed by atoms with E-state index in [1.165, 1.54) is 6.33 Å². The molecule has 2 aromatic heterocycles. The minimum absolute atomic E-state index is 0.120. The van der Waals surface area contributed by atoms with Crippen LogP contribution in [0.15, 0.2) is 60.9 Å². The van der Waals surface area contributed by atoms with Gasteiger partial charge < -0.3 is 20.1 Å². The normalized spacial score (nSPS) is 20.9. The van der Waals surface area contributed by atoms with Crippen molar-refractivity contribution in [3.63, 3.8) is 0 Å². The van der Waals surface area contributed by atoms with Crippen LogP contribution in [0.4, 0.5) is 10.6 Å². The fourth-order valence-electron chi connectivity index (χ4n) is 5.50. The number of rotatable bonds is 4. The van der Waals surface area contributed by atoms with Crippen molar-refractivity contribution in [2.24, 2.45) is 5.92 Å². The summed E-state index contributed by atoms with van der Waals surface area (Å²) in [5.74, 6) is 2.18. The van der Waals surface area contributed by atoms with Crippen LogP contribution in [0.5, 0.6) is 11.5 Å². The molecule has 2 bridgehead atoms. The van der Waals surface area contributed by atoms with E-state index >= 15 is 0 Å². The quantitative estimate of drug-likeness (QED) is 0.399. The highest BCUT2D eigenvalue weighted by Gasteiger charge is 2.49. The van der Waals surface area contributed by atoms with E-state index in [1.54, 1.807) is 0 Å². The lowest BCUT2D eigenvalue weighted by atomic mass is 10.0. The molecular weight excluding hydrogens is 468 g/mol. The number of anilines is 1. The number of nitrogens with zero attached hydrogens (tertiary/aromatic N) is 5. The highest BCUT2D eigenvalue weighted by Crippen LogP contribution is 2.47. The topological polar surface area (TPSA) is 108 Å². The summed E-state index contributed by atoms with van der Waals surface area (Å²) in [7, 11) is 0. The van der Waals surface area contributed by atoms with E-state index in [2.05, 4.69) is 9.97 Å². The molecule has 1 aliphatic carbocycles. The largest absolute Gasteiger partial charge is 0.457 e. The van der Waals surface area contributed by atoms with E-state index in [1.807, 2.05) is 85.0 Å². The predicted octanol–water partition coefficient (Wildman–Crippen LogP) is 5.44. The predicted molar refractivity (Wildman–Crippen MR) is 140 cm³/mol. The number of para-hydroxylation sites is 1. The first-order valence-electron chi connectivity index (χ1n) is 12.6. The Morgan fingerprint density at radius 3 is 2.41 bits per heavy atom. The van der Waals surface area contributed by atoms with Gasteiger partial charge in [-0.2, -0.15) is 5.10 Å². The molecular formula is C28H30N6O3. The number of hydrogen-bond acceptors (Lipinski definition) is 7. The lowest BCUT2D eigenvalue weighted by molar-refractivity contribution is 0.0163. The van der Waals surface area contributed by atoms with Crippen molar-refractivity contribution in [3.8, 4) is 22.8 Å². The van der Waals surface area contributed by atoms with E-state index in [0.29, 0.717) is 18.0 Å². The number of nitrogens with two attached hydrogens (primary N) is 1. The van der Waals surface area contributed by atoms with Gasteiger partial charge >= 0.3 is 6.09 Å². The Morgan fingerprint density at radius 1 is 1.00 bits per heavy atom. The third-order valence-electron chi connectivity index (χ3n) is 7.07. The number of benzene rings is 2. The summed E-state index contributed by atoms with van der Waals surface area (Å²) in [6.07, 6.45) is 2.96. The number of hydrogen-bond donors (Lipinski definition) is 1. The van der Waals surface area contributed by atoms with Crippen LogP contribution < -0.4 is 10.5 Å². The number of ether oxygens (including phenoxy) is 2. The Morgan fingerprint density at radius 2 is 1.73 bits per heavy atom. The molecule has 3 heterocycles. The van der Waals surface area contributed by atoms with Crippen molar-refractivity contribution in [2.75, 3.05) is 12.3 Å². The molecule has 2 fully saturated rings. The number of nitrogen functional groups attached to an aromatic ring is 1. The van der Waals surface area contributed by atoms with Crippen molar-refractivity contribution < 1.29 is 14.3 Å². The van der Waals surface area contributed by atoms with E-state index in [9.17, 15) is 4.79 Å². The standard InChI is InChI=1S/C28H30N6O3/c1-28(2,3)37-27(35)33-15-18-13-19(33)14-22(18)34-26-23(25(29)30-16-31-26)24(32-34)17-9-11-21(12-10-17)36-20-7-5-4-6-8-20/h4-12,16,18-19,22H,13-15H2,1-3H3,(H2,29,30,31)/t18-,19-,22?/m0/s1. The van der Waals surface area contributed by atoms with Crippen molar-refractivity contribution in [2.45, 2.75) is 51.3 Å². The lowest BCUT2D eigenvalue weighted by Gasteiger charge is -2.33. The third kappa shape index (κ3) is 4.34. The van der Waals surface area contributed by atoms with Crippen LogP contribution in [0.1, 0.15) is 39.7 Å². The van der Waals surface area contributed by atoms with Gasteiger partial charge in [0.05, 0.1) is 11.4 Å². The molecule has 37 heavy (non-hydrogen) atoms. The monoisotopic (exact) mass is 498 g/mol. The number of piperidine rings is 1. The maximum atomic E-state index is 12.7. The summed E-state index contributed by atoms with van der Waals surface area (Å²) in [4.78, 5) is 23.4. The first-order valence-corrected chi connectivity index (χ1v) is 12.6. The fourth-order valence-corrected chi connectivity index (χ4v) is 5.50. The summed E-state index contributed by atoms with van der Waals surface area (Å²) in [5.41, 5.74) is 8.19. The molecule has 6 rings (SSSR count). The molecule has 9 nitrogen and oxygen atoms in total. The maximum absolute atomic E-state index is 12.7. The zero-order chi connectivity index (χ0) is 25.7. The Kier molecular flexibility index (Phi) is 5.51. The van der Waals surface area contributed by atoms with Crippen molar-refractivity contribution in [3.05, 3.63) is 60.9 Å². The molecule has 3 atom stereocenters. The van der Waals surface area contributed by atoms with Crippen LogP contribution in [-0.2, 0) is 4.74 Å². The maximum Gasteiger partial charge on any atom is 0.410 e. The Labute approximate surface area is 215 Å². The molecule has 1 amide bonds. The summed E-state index contributed by atoms with van der Waals surface area (Å²) < 4.78 is 13.6. The summed E-state index contributed by atoms with van der Waals surface area (Å²) in [6.45, 7) is 6.32. The summed E-state index contributed by atoms with van der Waals surface area (Å²) >= 11 is 0. The van der Waals surface area contributed by atoms with Gasteiger partial charge in [0.2, 0.25) is 0 Å². The second-order valence-corrected chi connectivity index (χ2v) is 10.8. The first-order chi connectivity index (χ1) is 17.8. The molecule has 2 aliphatic rings. The van der Waals surface area contributed by atoms with Gasteiger partial charge in [0.1, 0.15) is 34.9 Å². The fraction of sp³-hybridized carbons (Fsp3) is 0.357. The van der Waals surface area contributed by atoms with Crippen LogP contribution in [0.2, 0.25) is 0 Å². The van der Waals surface area contributed by atoms with Crippen LogP contribution in [0, 0.1) is 5.92 Å². The van der Waals surface area contributed by atoms with Gasteiger partial charge in [0.15, 0.2) is 5.65 Å². The Bertz CT molecular complexity index is 1440. The minimum atomic E-state index is -0.512. The summed E-state index contributed by atoms with van der Waals surface area (Å²) in [5, 5.41) is 5.76. The van der Waals surface area contributed by atoms with Crippen LogP contribution in [0.25, 0.3) is 22.3 Å². The van der Waals surface area contributed by atoms with Gasteiger partial charge in [0, 0.05) is 24.1 Å². The molecule has 9 heteroatoms. The number of carbonyl (C=O) groups is 1. The number of likely N-dealkylation sites (tertiary alicyclic amines) is 1. The Hall–Kier alpha value is -4.14. The molecule has 190 valence electrons. The first kappa shape index (κ1) is 23.3. The number of fused-ring (bicyclic) bond motifs is 3. The van der Waals surface area contributed by atoms with E-state index in [4.69, 9.17) is 20.3 Å². The highest BCUT2D eigenvalue weighted by molar-refractivity contribution is 5.98. The van der Waals surface area contributed by atoms with Crippen molar-refractivity contribution in [1.82, 2.24) is 24.6 Å². The van der Waals surface area contributed by atoms with Gasteiger partial charge in [-0.25, -0.2) is 19.4 Å². The Balaban J connectivity index is 1.28. The van der Waals surface area contributed by atoms with Crippen molar-refractivity contribution in [1.29, 1.82) is 0 Å². The summed E-state index contributed by atoms with van der Waals surface area (Å²) in [6, 6.07) is 17.7. The second kappa shape index (κ2) is 8.76. The van der Waals surface area contributed by atoms with Gasteiger partial charge in [0.25, 0.3) is 0 Å². The average Bonchev–Trinajstić information content (AvgIpc) is 3.57. The highest BCUT2D eigenvalue weighted by atomic mass is 16.6. The number of aromatic nitrogens is 4. The molecule has 2 aromatic carbocycles. The van der Waals surface area contributed by atoms with Gasteiger partial charge in [-0.05, 0) is 70.0 Å². The number of carbonyl (C=O) groups excluding carboxylic acids is 1. The number of amides is 1. The van der Waals surface area contributed by atoms with Crippen LogP contribution in [-0.4, -0.2) is 48.9 Å². The third-order valence-corrected chi connectivity index (χ3v) is 7.07. The SMILES string of the molecule is CC(C)(C)OC(=O)N1C[C@@H]2C[C@H]1CC2n1nc(-c2ccc(Oc3ccccc3)cc2)c2c(N)ncnc21.